The molecule has 0 spiro atoms. The van der Waals surface area contributed by atoms with E-state index >= 15 is 0 Å². The highest BCUT2D eigenvalue weighted by atomic mass is 16.5. The average Bonchev–Trinajstić information content (AvgIpc) is 3.36. The predicted octanol–water partition coefficient (Wildman–Crippen LogP) is 3.74. The van der Waals surface area contributed by atoms with Crippen molar-refractivity contribution in [2.75, 3.05) is 40.4 Å². The van der Waals surface area contributed by atoms with Crippen LogP contribution in [0.15, 0.2) is 48.5 Å². The first-order valence-corrected chi connectivity index (χ1v) is 12.0. The second-order valence-corrected chi connectivity index (χ2v) is 9.42. The lowest BCUT2D eigenvalue weighted by Gasteiger charge is -2.40. The first-order valence-electron chi connectivity index (χ1n) is 12.0. The van der Waals surface area contributed by atoms with Crippen LogP contribution in [0.4, 0.5) is 0 Å². The van der Waals surface area contributed by atoms with Gasteiger partial charge in [-0.15, -0.1) is 5.10 Å². The first-order chi connectivity index (χ1) is 16.5. The van der Waals surface area contributed by atoms with Crippen molar-refractivity contribution in [2.45, 2.75) is 45.3 Å². The summed E-state index contributed by atoms with van der Waals surface area (Å²) in [4.78, 5) is 4.97. The van der Waals surface area contributed by atoms with Crippen molar-refractivity contribution >= 4 is 0 Å². The third-order valence-corrected chi connectivity index (χ3v) is 6.93. The van der Waals surface area contributed by atoms with Crippen molar-refractivity contribution in [3.63, 3.8) is 0 Å². The zero-order chi connectivity index (χ0) is 24.1. The number of hydrogen-bond donors (Lipinski definition) is 0. The van der Waals surface area contributed by atoms with E-state index in [-0.39, 0.29) is 11.6 Å². The molecule has 8 heteroatoms. The second-order valence-electron chi connectivity index (χ2n) is 9.42. The highest BCUT2D eigenvalue weighted by Gasteiger charge is 2.35. The quantitative estimate of drug-likeness (QED) is 0.478. The Morgan fingerprint density at radius 2 is 1.71 bits per heavy atom. The van der Waals surface area contributed by atoms with Gasteiger partial charge in [0.15, 0.2) is 5.82 Å². The molecule has 0 radical (unpaired) electrons. The fourth-order valence-electron chi connectivity index (χ4n) is 4.52. The Labute approximate surface area is 202 Å². The van der Waals surface area contributed by atoms with E-state index in [2.05, 4.69) is 82.5 Å². The van der Waals surface area contributed by atoms with E-state index in [1.165, 1.54) is 5.56 Å². The smallest absolute Gasteiger partial charge is 0.173 e. The van der Waals surface area contributed by atoms with Gasteiger partial charge < -0.3 is 9.47 Å². The molecule has 0 unspecified atom stereocenters. The van der Waals surface area contributed by atoms with E-state index in [1.54, 1.807) is 14.2 Å². The Hall–Kier alpha value is -2.97. The van der Waals surface area contributed by atoms with Crippen LogP contribution in [-0.4, -0.2) is 70.4 Å². The molecule has 182 valence electrons. The minimum absolute atomic E-state index is 0.148. The Bertz CT molecular complexity index is 1060. The Balaban J connectivity index is 1.67. The van der Waals surface area contributed by atoms with Crippen molar-refractivity contribution in [3.8, 4) is 11.5 Å². The molecule has 34 heavy (non-hydrogen) atoms. The third-order valence-electron chi connectivity index (χ3n) is 6.93. The highest BCUT2D eigenvalue weighted by molar-refractivity contribution is 5.44. The third kappa shape index (κ3) is 5.08. The summed E-state index contributed by atoms with van der Waals surface area (Å²) in [5, 5.41) is 13.1. The summed E-state index contributed by atoms with van der Waals surface area (Å²) >= 11 is 0. The molecular formula is C26H36N6O2. The molecule has 0 N–H and O–H groups in total. The number of hydrogen-bond acceptors (Lipinski definition) is 7. The van der Waals surface area contributed by atoms with E-state index in [9.17, 15) is 0 Å². The minimum atomic E-state index is -0.210. The van der Waals surface area contributed by atoms with Crippen molar-refractivity contribution < 1.29 is 9.47 Å². The lowest BCUT2D eigenvalue weighted by molar-refractivity contribution is 0.0962. The maximum atomic E-state index is 5.80. The highest BCUT2D eigenvalue weighted by Crippen LogP contribution is 2.38. The van der Waals surface area contributed by atoms with Crippen LogP contribution < -0.4 is 9.47 Å². The summed E-state index contributed by atoms with van der Waals surface area (Å²) in [6, 6.07) is 16.5. The molecule has 0 amide bonds. The van der Waals surface area contributed by atoms with Crippen molar-refractivity contribution in [2.24, 2.45) is 0 Å². The Morgan fingerprint density at radius 3 is 2.35 bits per heavy atom. The molecule has 8 nitrogen and oxygen atoms in total. The maximum absolute atomic E-state index is 5.80. The van der Waals surface area contributed by atoms with Crippen molar-refractivity contribution in [3.05, 3.63) is 65.5 Å². The van der Waals surface area contributed by atoms with E-state index in [4.69, 9.17) is 9.47 Å². The average molecular weight is 465 g/mol. The van der Waals surface area contributed by atoms with Crippen LogP contribution in [0, 0.1) is 0 Å². The minimum Gasteiger partial charge on any atom is -0.497 e. The van der Waals surface area contributed by atoms with Crippen LogP contribution in [0.5, 0.6) is 11.5 Å². The fraction of sp³-hybridized carbons (Fsp3) is 0.500. The molecule has 2 heterocycles. The van der Waals surface area contributed by atoms with Gasteiger partial charge in [0.25, 0.3) is 0 Å². The summed E-state index contributed by atoms with van der Waals surface area (Å²) in [6.07, 6.45) is 0.915. The number of ether oxygens (including phenoxy) is 2. The lowest BCUT2D eigenvalue weighted by atomic mass is 9.98. The summed E-state index contributed by atoms with van der Waals surface area (Å²) in [5.74, 6) is 2.42. The predicted molar refractivity (Wildman–Crippen MR) is 132 cm³/mol. The molecule has 1 atom stereocenters. The van der Waals surface area contributed by atoms with Gasteiger partial charge in [0.2, 0.25) is 0 Å². The van der Waals surface area contributed by atoms with Gasteiger partial charge in [-0.3, -0.25) is 9.80 Å². The zero-order valence-electron chi connectivity index (χ0n) is 20.9. The van der Waals surface area contributed by atoms with Crippen LogP contribution in [0.3, 0.4) is 0 Å². The molecule has 0 bridgehead atoms. The standard InChI is InChI=1S/C26H36N6O2/c1-6-26(2,3)32-25(27-28-29-32)24(22-18-21(33-4)12-13-23(22)34-5)31-16-14-30(15-17-31)19-20-10-8-7-9-11-20/h7-13,18,24H,6,14-17,19H2,1-5H3/t24-/m1/s1. The number of nitrogens with zero attached hydrogens (tertiary/aromatic N) is 6. The van der Waals surface area contributed by atoms with Gasteiger partial charge in [0, 0.05) is 38.3 Å². The molecule has 0 aliphatic carbocycles. The number of piperazine rings is 1. The molecule has 4 rings (SSSR count). The number of benzene rings is 2. The molecule has 0 saturated carbocycles. The van der Waals surface area contributed by atoms with Crippen LogP contribution >= 0.6 is 0 Å². The first kappa shape index (κ1) is 24.2. The van der Waals surface area contributed by atoms with Gasteiger partial charge in [-0.25, -0.2) is 4.68 Å². The molecular weight excluding hydrogens is 428 g/mol. The SMILES string of the molecule is CCC(C)(C)n1nnnc1[C@@H](c1cc(OC)ccc1OC)N1CCN(Cc2ccccc2)CC1. The Morgan fingerprint density at radius 1 is 0.971 bits per heavy atom. The molecule has 1 aliphatic rings. The second kappa shape index (κ2) is 10.5. The van der Waals surface area contributed by atoms with Gasteiger partial charge >= 0.3 is 0 Å². The van der Waals surface area contributed by atoms with E-state index in [0.717, 1.165) is 62.0 Å². The number of tetrazole rings is 1. The summed E-state index contributed by atoms with van der Waals surface area (Å²) < 4.78 is 13.3. The van der Waals surface area contributed by atoms with Gasteiger partial charge in [-0.2, -0.15) is 0 Å². The summed E-state index contributed by atoms with van der Waals surface area (Å²) in [5.41, 5.74) is 2.15. The molecule has 1 aromatic heterocycles. The topological polar surface area (TPSA) is 68.5 Å². The van der Waals surface area contributed by atoms with Crippen LogP contribution in [-0.2, 0) is 12.1 Å². The van der Waals surface area contributed by atoms with Gasteiger partial charge in [-0.05, 0) is 54.5 Å². The maximum Gasteiger partial charge on any atom is 0.173 e. The molecule has 2 aromatic carbocycles. The zero-order valence-corrected chi connectivity index (χ0v) is 20.9. The fourth-order valence-corrected chi connectivity index (χ4v) is 4.52. The van der Waals surface area contributed by atoms with Crippen LogP contribution in [0.1, 0.15) is 50.2 Å². The summed E-state index contributed by atoms with van der Waals surface area (Å²) in [7, 11) is 3.40. The Kier molecular flexibility index (Phi) is 7.48. The monoisotopic (exact) mass is 464 g/mol. The number of methoxy groups -OCH3 is 2. The van der Waals surface area contributed by atoms with E-state index in [0.29, 0.717) is 0 Å². The number of aromatic nitrogens is 4. The van der Waals surface area contributed by atoms with Gasteiger partial charge in [0.05, 0.1) is 19.8 Å². The normalized spacial score (nSPS) is 16.4. The van der Waals surface area contributed by atoms with Crippen LogP contribution in [0.25, 0.3) is 0 Å². The van der Waals surface area contributed by atoms with E-state index < -0.39 is 0 Å². The van der Waals surface area contributed by atoms with Crippen molar-refractivity contribution in [1.29, 1.82) is 0 Å². The lowest BCUT2D eigenvalue weighted by Crippen LogP contribution is -2.48. The van der Waals surface area contributed by atoms with Crippen LogP contribution in [0.2, 0.25) is 0 Å². The number of rotatable bonds is 9. The van der Waals surface area contributed by atoms with E-state index in [1.807, 2.05) is 16.8 Å². The van der Waals surface area contributed by atoms with Gasteiger partial charge in [0.1, 0.15) is 17.5 Å². The molecule has 3 aromatic rings. The summed E-state index contributed by atoms with van der Waals surface area (Å²) in [6.45, 7) is 11.2. The molecule has 1 aliphatic heterocycles. The molecule has 1 fully saturated rings. The molecule has 1 saturated heterocycles. The largest absolute Gasteiger partial charge is 0.497 e. The van der Waals surface area contributed by atoms with Crippen molar-refractivity contribution in [1.82, 2.24) is 30.0 Å². The van der Waals surface area contributed by atoms with Gasteiger partial charge in [-0.1, -0.05) is 37.3 Å².